The summed E-state index contributed by atoms with van der Waals surface area (Å²) in [5, 5.41) is 0. The summed E-state index contributed by atoms with van der Waals surface area (Å²) in [6.07, 6.45) is 8.09. The van der Waals surface area contributed by atoms with E-state index in [9.17, 15) is 4.79 Å². The molecule has 0 amide bonds. The molecule has 2 heteroatoms. The van der Waals surface area contributed by atoms with Gasteiger partial charge in [-0.3, -0.25) is 9.78 Å². The lowest BCUT2D eigenvalue weighted by molar-refractivity contribution is -0.114. The van der Waals surface area contributed by atoms with Crippen LogP contribution < -0.4 is 0 Å². The first-order valence-corrected chi connectivity index (χ1v) is 4.91. The van der Waals surface area contributed by atoms with Crippen LogP contribution in [0, 0.1) is 6.92 Å². The van der Waals surface area contributed by atoms with E-state index in [0.29, 0.717) is 6.42 Å². The van der Waals surface area contributed by atoms with Crippen molar-refractivity contribution in [3.63, 3.8) is 0 Å². The molecule has 0 aliphatic heterocycles. The van der Waals surface area contributed by atoms with Crippen LogP contribution >= 0.6 is 0 Å². The van der Waals surface area contributed by atoms with E-state index in [1.54, 1.807) is 6.08 Å². The van der Waals surface area contributed by atoms with Crippen molar-refractivity contribution in [1.82, 2.24) is 4.98 Å². The third kappa shape index (κ3) is 1.90. The number of ketones is 1. The smallest absolute Gasteiger partial charge is 0.155 e. The van der Waals surface area contributed by atoms with Gasteiger partial charge in [0.25, 0.3) is 0 Å². The maximum Gasteiger partial charge on any atom is 0.155 e. The highest BCUT2D eigenvalue weighted by atomic mass is 16.1. The minimum Gasteiger partial charge on any atom is -0.295 e. The lowest BCUT2D eigenvalue weighted by Crippen LogP contribution is -2.02. The number of carbonyl (C=O) groups is 1. The highest BCUT2D eigenvalue weighted by molar-refractivity contribution is 5.98. The molecule has 1 aromatic rings. The van der Waals surface area contributed by atoms with Crippen LogP contribution in [0.15, 0.2) is 24.5 Å². The SMILES string of the molecule is Cc1cncc(C2=CC(=O)CCC2)c1. The van der Waals surface area contributed by atoms with Gasteiger partial charge in [0.2, 0.25) is 0 Å². The average Bonchev–Trinajstić information content (AvgIpc) is 2.18. The van der Waals surface area contributed by atoms with Gasteiger partial charge in [0.15, 0.2) is 5.78 Å². The van der Waals surface area contributed by atoms with Crippen molar-refractivity contribution in [2.75, 3.05) is 0 Å². The van der Waals surface area contributed by atoms with Crippen molar-refractivity contribution in [1.29, 1.82) is 0 Å². The van der Waals surface area contributed by atoms with E-state index in [-0.39, 0.29) is 5.78 Å². The van der Waals surface area contributed by atoms with Crippen molar-refractivity contribution in [2.45, 2.75) is 26.2 Å². The van der Waals surface area contributed by atoms with Gasteiger partial charge in [0.1, 0.15) is 0 Å². The third-order valence-corrected chi connectivity index (χ3v) is 2.45. The molecule has 0 fully saturated rings. The molecule has 1 aliphatic rings. The summed E-state index contributed by atoms with van der Waals surface area (Å²) in [7, 11) is 0. The maximum atomic E-state index is 11.2. The number of pyridine rings is 1. The average molecular weight is 187 g/mol. The summed E-state index contributed by atoms with van der Waals surface area (Å²) < 4.78 is 0. The first-order chi connectivity index (χ1) is 6.75. The van der Waals surface area contributed by atoms with Crippen LogP contribution in [0.2, 0.25) is 0 Å². The molecule has 14 heavy (non-hydrogen) atoms. The molecule has 0 radical (unpaired) electrons. The van der Waals surface area contributed by atoms with E-state index in [0.717, 1.165) is 29.5 Å². The molecule has 0 aromatic carbocycles. The first-order valence-electron chi connectivity index (χ1n) is 4.91. The van der Waals surface area contributed by atoms with Gasteiger partial charge >= 0.3 is 0 Å². The van der Waals surface area contributed by atoms with Crippen LogP contribution in [-0.2, 0) is 4.79 Å². The molecule has 0 N–H and O–H groups in total. The van der Waals surface area contributed by atoms with Crippen LogP contribution in [0.4, 0.5) is 0 Å². The molecular formula is C12H13NO. The number of allylic oxidation sites excluding steroid dienone is 2. The lowest BCUT2D eigenvalue weighted by atomic mass is 9.93. The molecule has 1 aliphatic carbocycles. The molecule has 0 spiro atoms. The summed E-state index contributed by atoms with van der Waals surface area (Å²) in [4.78, 5) is 15.4. The van der Waals surface area contributed by atoms with Crippen LogP contribution in [0.25, 0.3) is 5.57 Å². The summed E-state index contributed by atoms with van der Waals surface area (Å²) in [5.41, 5.74) is 3.37. The second-order valence-electron chi connectivity index (χ2n) is 3.74. The fourth-order valence-corrected chi connectivity index (χ4v) is 1.75. The van der Waals surface area contributed by atoms with Crippen LogP contribution in [-0.4, -0.2) is 10.8 Å². The maximum absolute atomic E-state index is 11.2. The Morgan fingerprint density at radius 2 is 2.14 bits per heavy atom. The Morgan fingerprint density at radius 1 is 1.29 bits per heavy atom. The number of aromatic nitrogens is 1. The molecule has 0 saturated heterocycles. The van der Waals surface area contributed by atoms with Gasteiger partial charge in [-0.05, 0) is 48.6 Å². The summed E-state index contributed by atoms with van der Waals surface area (Å²) in [6, 6.07) is 2.08. The topological polar surface area (TPSA) is 30.0 Å². The van der Waals surface area contributed by atoms with E-state index in [4.69, 9.17) is 0 Å². The van der Waals surface area contributed by atoms with Gasteiger partial charge < -0.3 is 0 Å². The van der Waals surface area contributed by atoms with E-state index in [1.165, 1.54) is 0 Å². The Morgan fingerprint density at radius 3 is 2.86 bits per heavy atom. The molecule has 0 saturated carbocycles. The van der Waals surface area contributed by atoms with Gasteiger partial charge in [0, 0.05) is 18.8 Å². The second kappa shape index (κ2) is 3.74. The molecule has 1 aromatic heterocycles. The van der Waals surface area contributed by atoms with E-state index in [1.807, 2.05) is 19.3 Å². The van der Waals surface area contributed by atoms with E-state index >= 15 is 0 Å². The second-order valence-corrected chi connectivity index (χ2v) is 3.74. The molecule has 2 nitrogen and oxygen atoms in total. The van der Waals surface area contributed by atoms with E-state index < -0.39 is 0 Å². The number of nitrogens with zero attached hydrogens (tertiary/aromatic N) is 1. The van der Waals surface area contributed by atoms with Crippen molar-refractivity contribution in [3.05, 3.63) is 35.7 Å². The molecule has 1 heterocycles. The number of carbonyl (C=O) groups excluding carboxylic acids is 1. The zero-order chi connectivity index (χ0) is 9.97. The normalized spacial score (nSPS) is 16.6. The predicted molar refractivity (Wildman–Crippen MR) is 55.8 cm³/mol. The fourth-order valence-electron chi connectivity index (χ4n) is 1.75. The van der Waals surface area contributed by atoms with Gasteiger partial charge in [-0.25, -0.2) is 0 Å². The first kappa shape index (κ1) is 9.13. The number of aryl methyl sites for hydroxylation is 1. The zero-order valence-electron chi connectivity index (χ0n) is 8.29. The number of rotatable bonds is 1. The lowest BCUT2D eigenvalue weighted by Gasteiger charge is -2.11. The molecular weight excluding hydrogens is 174 g/mol. The number of hydrogen-bond acceptors (Lipinski definition) is 2. The van der Waals surface area contributed by atoms with Gasteiger partial charge in [-0.2, -0.15) is 0 Å². The molecule has 0 bridgehead atoms. The van der Waals surface area contributed by atoms with Crippen LogP contribution in [0.5, 0.6) is 0 Å². The van der Waals surface area contributed by atoms with Gasteiger partial charge in [-0.1, -0.05) is 0 Å². The Balaban J connectivity index is 2.35. The highest BCUT2D eigenvalue weighted by Crippen LogP contribution is 2.24. The summed E-state index contributed by atoms with van der Waals surface area (Å²) in [5.74, 6) is 0.243. The summed E-state index contributed by atoms with van der Waals surface area (Å²) in [6.45, 7) is 2.02. The molecule has 2 rings (SSSR count). The van der Waals surface area contributed by atoms with E-state index in [2.05, 4.69) is 11.1 Å². The highest BCUT2D eigenvalue weighted by Gasteiger charge is 2.11. The Kier molecular flexibility index (Phi) is 2.44. The van der Waals surface area contributed by atoms with Crippen molar-refractivity contribution < 1.29 is 4.79 Å². The molecule has 0 unspecified atom stereocenters. The van der Waals surface area contributed by atoms with Gasteiger partial charge in [0.05, 0.1) is 0 Å². The largest absolute Gasteiger partial charge is 0.295 e. The van der Waals surface area contributed by atoms with Crippen LogP contribution in [0.1, 0.15) is 30.4 Å². The Labute approximate surface area is 83.7 Å². The minimum absolute atomic E-state index is 0.243. The monoisotopic (exact) mass is 187 g/mol. The van der Waals surface area contributed by atoms with Crippen LogP contribution in [0.3, 0.4) is 0 Å². The third-order valence-electron chi connectivity index (χ3n) is 2.45. The van der Waals surface area contributed by atoms with Crippen molar-refractivity contribution >= 4 is 11.4 Å². The summed E-state index contributed by atoms with van der Waals surface area (Å²) >= 11 is 0. The quantitative estimate of drug-likeness (QED) is 0.676. The Hall–Kier alpha value is -1.44. The minimum atomic E-state index is 0.243. The Bertz CT molecular complexity index is 393. The number of hydrogen-bond donors (Lipinski definition) is 0. The van der Waals surface area contributed by atoms with Crippen molar-refractivity contribution in [2.24, 2.45) is 0 Å². The fraction of sp³-hybridized carbons (Fsp3) is 0.333. The zero-order valence-corrected chi connectivity index (χ0v) is 8.29. The predicted octanol–water partition coefficient (Wildman–Crippen LogP) is 2.53. The molecule has 0 atom stereocenters. The van der Waals surface area contributed by atoms with Gasteiger partial charge in [-0.15, -0.1) is 0 Å². The van der Waals surface area contributed by atoms with Crippen molar-refractivity contribution in [3.8, 4) is 0 Å². The molecule has 72 valence electrons. The standard InChI is InChI=1S/C12H13NO/c1-9-5-11(8-13-7-9)10-3-2-4-12(14)6-10/h5-8H,2-4H2,1H3.